The molecule has 2 aliphatic rings. The molecule has 0 saturated carbocycles. The number of halogens is 1. The Morgan fingerprint density at radius 3 is 2.84 bits per heavy atom. The summed E-state index contributed by atoms with van der Waals surface area (Å²) in [5, 5.41) is 7.72. The van der Waals surface area contributed by atoms with E-state index in [0.717, 1.165) is 31.4 Å². The zero-order valence-corrected chi connectivity index (χ0v) is 17.6. The predicted molar refractivity (Wildman–Crippen MR) is 118 cm³/mol. The lowest BCUT2D eigenvalue weighted by atomic mass is 9.88. The van der Waals surface area contributed by atoms with Gasteiger partial charge in [0, 0.05) is 37.7 Å². The van der Waals surface area contributed by atoms with Crippen LogP contribution in [0.15, 0.2) is 47.6 Å². The molecule has 2 fully saturated rings. The number of nitrogens with zero attached hydrogens (tertiary/aromatic N) is 2. The van der Waals surface area contributed by atoms with Crippen LogP contribution in [0.3, 0.4) is 0 Å². The average molecular weight is 423 g/mol. The zero-order chi connectivity index (χ0) is 21.8. The summed E-state index contributed by atoms with van der Waals surface area (Å²) in [4.78, 5) is 26.3. The molecule has 31 heavy (non-hydrogen) atoms. The number of hydrazone groups is 1. The monoisotopic (exact) mass is 422 g/mol. The third-order valence-electron chi connectivity index (χ3n) is 6.27. The van der Waals surface area contributed by atoms with E-state index in [0.29, 0.717) is 48.2 Å². The molecule has 2 saturated heterocycles. The largest absolute Gasteiger partial charge is 0.338 e. The number of benzene rings is 2. The van der Waals surface area contributed by atoms with Gasteiger partial charge >= 0.3 is 0 Å². The molecule has 0 radical (unpaired) electrons. The number of hydrogen-bond acceptors (Lipinski definition) is 5. The molecule has 0 spiro atoms. The Morgan fingerprint density at radius 2 is 2.03 bits per heavy atom. The Hall–Kier alpha value is -3.06. The average Bonchev–Trinajstić information content (AvgIpc) is 3.27. The van der Waals surface area contributed by atoms with Crippen LogP contribution in [0.4, 0.5) is 4.39 Å². The lowest BCUT2D eigenvalue weighted by Crippen LogP contribution is -2.43. The fourth-order valence-corrected chi connectivity index (χ4v) is 4.62. The molecule has 2 N–H and O–H groups in total. The molecule has 2 aliphatic heterocycles. The van der Waals surface area contributed by atoms with Crippen molar-refractivity contribution in [3.8, 4) is 0 Å². The van der Waals surface area contributed by atoms with Gasteiger partial charge in [-0.05, 0) is 49.0 Å². The van der Waals surface area contributed by atoms with Crippen LogP contribution >= 0.6 is 0 Å². The van der Waals surface area contributed by atoms with Crippen LogP contribution in [-0.2, 0) is 6.42 Å². The van der Waals surface area contributed by atoms with E-state index in [1.165, 1.54) is 6.07 Å². The molecule has 6 nitrogen and oxygen atoms in total. The number of nitrogens with one attached hydrogen (secondary N) is 2. The maximum atomic E-state index is 14.6. The van der Waals surface area contributed by atoms with Gasteiger partial charge in [-0.2, -0.15) is 5.10 Å². The van der Waals surface area contributed by atoms with Crippen LogP contribution in [0.5, 0.6) is 0 Å². The van der Waals surface area contributed by atoms with Crippen molar-refractivity contribution in [1.29, 1.82) is 0 Å². The molecular formula is C24H27FN4O2. The molecule has 0 aliphatic carbocycles. The molecule has 1 amide bonds. The number of rotatable bonds is 6. The van der Waals surface area contributed by atoms with Gasteiger partial charge in [-0.3, -0.25) is 9.59 Å². The van der Waals surface area contributed by atoms with E-state index in [-0.39, 0.29) is 11.5 Å². The van der Waals surface area contributed by atoms with Gasteiger partial charge in [0.05, 0.1) is 11.3 Å². The molecule has 2 aromatic rings. The Morgan fingerprint density at radius 1 is 1.23 bits per heavy atom. The van der Waals surface area contributed by atoms with Crippen LogP contribution in [0.2, 0.25) is 0 Å². The second-order valence-electron chi connectivity index (χ2n) is 8.20. The van der Waals surface area contributed by atoms with Gasteiger partial charge in [-0.15, -0.1) is 0 Å². The van der Waals surface area contributed by atoms with E-state index >= 15 is 0 Å². The molecule has 2 heterocycles. The first-order chi connectivity index (χ1) is 15.1. The number of piperidine rings is 1. The standard InChI is InChI=1S/C24H27FN4O2/c1-26-28-23(20-5-3-2-4-18(20)15-30)11-16-6-7-22(25)21(10-16)24(31)29-9-8-17-12-27-13-19(17)14-29/h2-7,10,15,17,19,26-27H,8-9,11-14H2,1H3/b28-23-. The maximum Gasteiger partial charge on any atom is 0.256 e. The van der Waals surface area contributed by atoms with Crippen LogP contribution in [-0.4, -0.2) is 56.0 Å². The van der Waals surface area contributed by atoms with Crippen molar-refractivity contribution in [2.45, 2.75) is 12.8 Å². The van der Waals surface area contributed by atoms with Gasteiger partial charge in [-0.25, -0.2) is 4.39 Å². The number of carbonyl (C=O) groups is 2. The number of hydrogen-bond donors (Lipinski definition) is 2. The number of fused-ring (bicyclic) bond motifs is 1. The minimum atomic E-state index is -0.513. The minimum absolute atomic E-state index is 0.0920. The van der Waals surface area contributed by atoms with E-state index < -0.39 is 5.82 Å². The van der Waals surface area contributed by atoms with Crippen LogP contribution in [0.1, 0.15) is 38.3 Å². The summed E-state index contributed by atoms with van der Waals surface area (Å²) in [6, 6.07) is 11.8. The highest BCUT2D eigenvalue weighted by Crippen LogP contribution is 2.28. The van der Waals surface area contributed by atoms with Crippen molar-refractivity contribution in [2.75, 3.05) is 33.2 Å². The van der Waals surface area contributed by atoms with Crippen molar-refractivity contribution >= 4 is 17.9 Å². The number of likely N-dealkylation sites (tertiary alicyclic amines) is 1. The molecule has 162 valence electrons. The summed E-state index contributed by atoms with van der Waals surface area (Å²) in [5.41, 5.74) is 5.51. The first-order valence-electron chi connectivity index (χ1n) is 10.7. The maximum absolute atomic E-state index is 14.6. The minimum Gasteiger partial charge on any atom is -0.338 e. The van der Waals surface area contributed by atoms with Gasteiger partial charge in [0.2, 0.25) is 0 Å². The smallest absolute Gasteiger partial charge is 0.256 e. The third-order valence-corrected chi connectivity index (χ3v) is 6.27. The number of amides is 1. The van der Waals surface area contributed by atoms with Gasteiger partial charge < -0.3 is 15.6 Å². The Bertz CT molecular complexity index is 1010. The van der Waals surface area contributed by atoms with Crippen LogP contribution < -0.4 is 10.7 Å². The highest BCUT2D eigenvalue weighted by Gasteiger charge is 2.35. The highest BCUT2D eigenvalue weighted by molar-refractivity contribution is 6.07. The summed E-state index contributed by atoms with van der Waals surface area (Å²) in [6.45, 7) is 3.24. The zero-order valence-electron chi connectivity index (χ0n) is 17.6. The molecule has 2 aromatic carbocycles. The summed E-state index contributed by atoms with van der Waals surface area (Å²) >= 11 is 0. The van der Waals surface area contributed by atoms with E-state index in [4.69, 9.17) is 0 Å². The van der Waals surface area contributed by atoms with Crippen molar-refractivity contribution in [1.82, 2.24) is 15.6 Å². The first kappa shape index (κ1) is 21.2. The summed E-state index contributed by atoms with van der Waals surface area (Å²) in [7, 11) is 1.69. The molecule has 4 rings (SSSR count). The second kappa shape index (κ2) is 9.39. The molecular weight excluding hydrogens is 395 g/mol. The second-order valence-corrected chi connectivity index (χ2v) is 8.20. The van der Waals surface area contributed by atoms with E-state index in [9.17, 15) is 14.0 Å². The molecule has 7 heteroatoms. The Kier molecular flexibility index (Phi) is 6.42. The fourth-order valence-electron chi connectivity index (χ4n) is 4.62. The van der Waals surface area contributed by atoms with Crippen molar-refractivity contribution in [3.63, 3.8) is 0 Å². The molecule has 2 atom stereocenters. The van der Waals surface area contributed by atoms with Crippen molar-refractivity contribution in [2.24, 2.45) is 16.9 Å². The van der Waals surface area contributed by atoms with Crippen molar-refractivity contribution < 1.29 is 14.0 Å². The molecule has 0 aromatic heterocycles. The summed E-state index contributed by atoms with van der Waals surface area (Å²) in [6.07, 6.45) is 2.11. The summed E-state index contributed by atoms with van der Waals surface area (Å²) < 4.78 is 14.6. The van der Waals surface area contributed by atoms with Gasteiger partial charge in [-0.1, -0.05) is 30.3 Å². The SMILES string of the molecule is CN/N=C(/Cc1ccc(F)c(C(=O)N2CCC3CNCC3C2)c1)c1ccccc1C=O. The first-order valence-corrected chi connectivity index (χ1v) is 10.7. The van der Waals surface area contributed by atoms with E-state index in [2.05, 4.69) is 15.8 Å². The summed E-state index contributed by atoms with van der Waals surface area (Å²) in [5.74, 6) is 0.280. The number of aldehydes is 1. The van der Waals surface area contributed by atoms with Crippen LogP contribution in [0, 0.1) is 17.7 Å². The van der Waals surface area contributed by atoms with Crippen LogP contribution in [0.25, 0.3) is 0 Å². The van der Waals surface area contributed by atoms with E-state index in [1.54, 1.807) is 36.2 Å². The lowest BCUT2D eigenvalue weighted by Gasteiger charge is -2.34. The van der Waals surface area contributed by atoms with Gasteiger partial charge in [0.1, 0.15) is 5.82 Å². The highest BCUT2D eigenvalue weighted by atomic mass is 19.1. The Balaban J connectivity index is 1.57. The van der Waals surface area contributed by atoms with Gasteiger partial charge in [0.25, 0.3) is 5.91 Å². The molecule has 0 bridgehead atoms. The van der Waals surface area contributed by atoms with Gasteiger partial charge in [0.15, 0.2) is 6.29 Å². The number of carbonyl (C=O) groups excluding carboxylic acids is 2. The van der Waals surface area contributed by atoms with E-state index in [1.807, 2.05) is 12.1 Å². The molecule has 2 unspecified atom stereocenters. The van der Waals surface area contributed by atoms with Crippen molar-refractivity contribution in [3.05, 3.63) is 70.5 Å². The fraction of sp³-hybridized carbons (Fsp3) is 0.375. The normalized spacial score (nSPS) is 21.0. The predicted octanol–water partition coefficient (Wildman–Crippen LogP) is 2.49. The quantitative estimate of drug-likeness (QED) is 0.426. The third kappa shape index (κ3) is 4.51. The Labute approximate surface area is 181 Å². The lowest BCUT2D eigenvalue weighted by molar-refractivity contribution is 0.0637. The topological polar surface area (TPSA) is 73.8 Å².